The van der Waals surface area contributed by atoms with Crippen LogP contribution in [0, 0.1) is 0 Å². The highest BCUT2D eigenvalue weighted by atomic mass is 16.5. The number of morpholine rings is 1. The van der Waals surface area contributed by atoms with Gasteiger partial charge < -0.3 is 9.64 Å². The van der Waals surface area contributed by atoms with Crippen molar-refractivity contribution in [3.63, 3.8) is 0 Å². The van der Waals surface area contributed by atoms with Crippen molar-refractivity contribution in [3.8, 4) is 0 Å². The zero-order valence-electron chi connectivity index (χ0n) is 18.5. The van der Waals surface area contributed by atoms with Crippen LogP contribution in [0.25, 0.3) is 0 Å². The highest BCUT2D eigenvalue weighted by molar-refractivity contribution is 6.11. The summed E-state index contributed by atoms with van der Waals surface area (Å²) in [7, 11) is 0. The maximum Gasteiger partial charge on any atom is 0.422 e. The SMILES string of the molecule is CC1=[N+](CCc2ccccc2)C(=O)c2cc(N3CCOCC3)c(Cc3ccccc3)nc21. The van der Waals surface area contributed by atoms with Crippen molar-refractivity contribution >= 4 is 17.3 Å². The van der Waals surface area contributed by atoms with E-state index in [1.807, 2.05) is 35.8 Å². The molecule has 0 bridgehead atoms. The number of benzene rings is 2. The summed E-state index contributed by atoms with van der Waals surface area (Å²) >= 11 is 0. The van der Waals surface area contributed by atoms with Crippen molar-refractivity contribution in [1.82, 2.24) is 4.98 Å². The minimum Gasteiger partial charge on any atom is -0.378 e. The Hall–Kier alpha value is -3.31. The first-order valence-electron chi connectivity index (χ1n) is 11.3. The number of ether oxygens (including phenoxy) is 1. The van der Waals surface area contributed by atoms with Crippen LogP contribution in [0.1, 0.15) is 39.8 Å². The van der Waals surface area contributed by atoms with Gasteiger partial charge in [0.1, 0.15) is 11.3 Å². The molecule has 32 heavy (non-hydrogen) atoms. The molecule has 0 unspecified atom stereocenters. The quantitative estimate of drug-likeness (QED) is 0.564. The van der Waals surface area contributed by atoms with Gasteiger partial charge in [0, 0.05) is 32.9 Å². The molecule has 0 atom stereocenters. The smallest absolute Gasteiger partial charge is 0.378 e. The van der Waals surface area contributed by atoms with E-state index in [9.17, 15) is 4.79 Å². The molecule has 1 saturated heterocycles. The lowest BCUT2D eigenvalue weighted by Gasteiger charge is -2.30. The summed E-state index contributed by atoms with van der Waals surface area (Å²) in [6, 6.07) is 22.8. The predicted molar refractivity (Wildman–Crippen MR) is 126 cm³/mol. The first kappa shape index (κ1) is 20.6. The molecule has 0 N–H and O–H groups in total. The summed E-state index contributed by atoms with van der Waals surface area (Å²) in [6.07, 6.45) is 1.57. The minimum atomic E-state index is 0.0571. The molecule has 2 aliphatic heterocycles. The number of nitrogens with zero attached hydrogens (tertiary/aromatic N) is 3. The molecule has 5 nitrogen and oxygen atoms in total. The first-order valence-corrected chi connectivity index (χ1v) is 11.3. The number of anilines is 1. The molecular formula is C27H28N3O2+. The lowest BCUT2D eigenvalue weighted by Crippen LogP contribution is -2.37. The summed E-state index contributed by atoms with van der Waals surface area (Å²) in [4.78, 5) is 20.7. The molecule has 2 aliphatic rings. The Morgan fingerprint density at radius 1 is 0.969 bits per heavy atom. The average Bonchev–Trinajstić information content (AvgIpc) is 3.08. The number of carbonyl (C=O) groups is 1. The maximum absolute atomic E-state index is 13.4. The monoisotopic (exact) mass is 426 g/mol. The van der Waals surface area contributed by atoms with Crippen LogP contribution >= 0.6 is 0 Å². The van der Waals surface area contributed by atoms with Gasteiger partial charge >= 0.3 is 5.91 Å². The van der Waals surface area contributed by atoms with E-state index in [0.29, 0.717) is 25.3 Å². The Kier molecular flexibility index (Phi) is 5.82. The second-order valence-electron chi connectivity index (χ2n) is 8.39. The fourth-order valence-electron chi connectivity index (χ4n) is 4.56. The van der Waals surface area contributed by atoms with Gasteiger partial charge in [-0.15, -0.1) is 0 Å². The molecule has 1 amide bonds. The fourth-order valence-corrected chi connectivity index (χ4v) is 4.56. The topological polar surface area (TPSA) is 45.4 Å². The van der Waals surface area contributed by atoms with E-state index in [1.165, 1.54) is 11.1 Å². The number of carbonyl (C=O) groups excluding carboxylic acids is 1. The lowest BCUT2D eigenvalue weighted by molar-refractivity contribution is -0.424. The number of aromatic nitrogens is 1. The molecule has 162 valence electrons. The van der Waals surface area contributed by atoms with E-state index in [1.54, 1.807) is 0 Å². The Labute approximate surface area is 189 Å². The summed E-state index contributed by atoms with van der Waals surface area (Å²) in [6.45, 7) is 5.70. The largest absolute Gasteiger partial charge is 0.422 e. The lowest BCUT2D eigenvalue weighted by atomic mass is 10.0. The molecule has 0 spiro atoms. The second kappa shape index (κ2) is 9.05. The van der Waals surface area contributed by atoms with Crippen molar-refractivity contribution in [2.24, 2.45) is 0 Å². The molecule has 2 aromatic carbocycles. The van der Waals surface area contributed by atoms with E-state index < -0.39 is 0 Å². The van der Waals surface area contributed by atoms with Crippen LogP contribution in [0.5, 0.6) is 0 Å². The summed E-state index contributed by atoms with van der Waals surface area (Å²) in [5, 5.41) is 0. The first-order chi connectivity index (χ1) is 15.7. The molecule has 5 heteroatoms. The number of pyridine rings is 1. The van der Waals surface area contributed by atoms with E-state index in [4.69, 9.17) is 9.72 Å². The van der Waals surface area contributed by atoms with Crippen LogP contribution in [0.15, 0.2) is 66.7 Å². The summed E-state index contributed by atoms with van der Waals surface area (Å²) in [5.41, 5.74) is 7.02. The Morgan fingerprint density at radius 2 is 1.62 bits per heavy atom. The van der Waals surface area contributed by atoms with Gasteiger partial charge in [0.25, 0.3) is 0 Å². The van der Waals surface area contributed by atoms with Crippen molar-refractivity contribution in [2.75, 3.05) is 37.7 Å². The standard InChI is InChI=1S/C27H28N3O2/c1-20-26-23(27(31)30(20)13-12-21-8-4-2-5-9-21)19-25(29-14-16-32-17-15-29)24(28-26)18-22-10-6-3-7-11-22/h2-11,19H,12-18H2,1H3/q+1. The average molecular weight is 427 g/mol. The van der Waals surface area contributed by atoms with Crippen molar-refractivity contribution < 1.29 is 14.1 Å². The fraction of sp³-hybridized carbons (Fsp3) is 0.296. The van der Waals surface area contributed by atoms with Crippen molar-refractivity contribution in [2.45, 2.75) is 19.8 Å². The Balaban J connectivity index is 1.49. The Bertz CT molecular complexity index is 1150. The van der Waals surface area contributed by atoms with Crippen LogP contribution in [-0.2, 0) is 17.6 Å². The van der Waals surface area contributed by atoms with Gasteiger partial charge in [-0.3, -0.25) is 0 Å². The molecule has 1 aromatic heterocycles. The van der Waals surface area contributed by atoms with Gasteiger partial charge in [-0.25, -0.2) is 9.78 Å². The van der Waals surface area contributed by atoms with Gasteiger partial charge in [-0.1, -0.05) is 60.7 Å². The minimum absolute atomic E-state index is 0.0571. The third-order valence-electron chi connectivity index (χ3n) is 6.33. The van der Waals surface area contributed by atoms with E-state index in [0.717, 1.165) is 48.7 Å². The zero-order chi connectivity index (χ0) is 21.9. The molecule has 1 fully saturated rings. The Morgan fingerprint density at radius 3 is 2.31 bits per heavy atom. The van der Waals surface area contributed by atoms with Gasteiger partial charge in [-0.05, 0) is 17.2 Å². The van der Waals surface area contributed by atoms with Gasteiger partial charge in [-0.2, -0.15) is 4.58 Å². The zero-order valence-corrected chi connectivity index (χ0v) is 18.5. The molecular weight excluding hydrogens is 398 g/mol. The van der Waals surface area contributed by atoms with E-state index in [-0.39, 0.29) is 5.91 Å². The van der Waals surface area contributed by atoms with Crippen molar-refractivity contribution in [1.29, 1.82) is 0 Å². The highest BCUT2D eigenvalue weighted by Gasteiger charge is 2.38. The highest BCUT2D eigenvalue weighted by Crippen LogP contribution is 2.29. The molecule has 0 saturated carbocycles. The van der Waals surface area contributed by atoms with Gasteiger partial charge in [0.05, 0.1) is 24.6 Å². The number of hydrogen-bond donors (Lipinski definition) is 0. The predicted octanol–water partition coefficient (Wildman–Crippen LogP) is 3.73. The van der Waals surface area contributed by atoms with Crippen LogP contribution in [-0.4, -0.2) is 54.0 Å². The number of rotatable bonds is 6. The second-order valence-corrected chi connectivity index (χ2v) is 8.39. The van der Waals surface area contributed by atoms with Crippen LogP contribution < -0.4 is 4.90 Å². The summed E-state index contributed by atoms with van der Waals surface area (Å²) < 4.78 is 7.45. The van der Waals surface area contributed by atoms with Gasteiger partial charge in [0.15, 0.2) is 6.54 Å². The summed E-state index contributed by atoms with van der Waals surface area (Å²) in [5.74, 6) is 0.0571. The van der Waals surface area contributed by atoms with E-state index in [2.05, 4.69) is 47.4 Å². The molecule has 0 aliphatic carbocycles. The maximum atomic E-state index is 13.4. The number of hydrogen-bond acceptors (Lipinski definition) is 4. The van der Waals surface area contributed by atoms with Gasteiger partial charge in [0.2, 0.25) is 5.71 Å². The molecule has 0 radical (unpaired) electrons. The van der Waals surface area contributed by atoms with Crippen LogP contribution in [0.2, 0.25) is 0 Å². The normalized spacial score (nSPS) is 15.9. The third kappa shape index (κ3) is 4.08. The number of fused-ring (bicyclic) bond motifs is 1. The molecule has 3 aromatic rings. The third-order valence-corrected chi connectivity index (χ3v) is 6.33. The number of amides is 1. The molecule has 3 heterocycles. The van der Waals surface area contributed by atoms with Crippen molar-refractivity contribution in [3.05, 3.63) is 94.8 Å². The molecule has 5 rings (SSSR count). The van der Waals surface area contributed by atoms with Crippen LogP contribution in [0.4, 0.5) is 5.69 Å². The van der Waals surface area contributed by atoms with Crippen LogP contribution in [0.3, 0.4) is 0 Å². The van der Waals surface area contributed by atoms with E-state index >= 15 is 0 Å².